The van der Waals surface area contributed by atoms with Crippen LogP contribution < -0.4 is 0 Å². The monoisotopic (exact) mass is 340 g/mol. The molecule has 0 N–H and O–H groups in total. The van der Waals surface area contributed by atoms with E-state index >= 15 is 0 Å². The van der Waals surface area contributed by atoms with Crippen LogP contribution in [0.1, 0.15) is 111 Å². The van der Waals surface area contributed by atoms with E-state index in [9.17, 15) is 9.59 Å². The molecule has 0 radical (unpaired) electrons. The standard InChI is InChI=1S/C21H40O3/c1-5-8-10-12-13-14-16-18(4)20(22)24-21(23)19(7-3)17-15-11-9-6-2/h18-19H,5-17H2,1-4H3. The van der Waals surface area contributed by atoms with E-state index in [2.05, 4.69) is 13.8 Å². The summed E-state index contributed by atoms with van der Waals surface area (Å²) in [7, 11) is 0. The highest BCUT2D eigenvalue weighted by molar-refractivity contribution is 5.87. The van der Waals surface area contributed by atoms with Crippen molar-refractivity contribution in [1.82, 2.24) is 0 Å². The van der Waals surface area contributed by atoms with Crippen molar-refractivity contribution in [2.45, 2.75) is 111 Å². The Kier molecular flexibility index (Phi) is 15.1. The number of rotatable bonds is 15. The first-order valence-corrected chi connectivity index (χ1v) is 10.3. The number of ether oxygens (including phenoxy) is 1. The fraction of sp³-hybridized carbons (Fsp3) is 0.905. The average Bonchev–Trinajstić information content (AvgIpc) is 2.57. The first-order chi connectivity index (χ1) is 11.6. The summed E-state index contributed by atoms with van der Waals surface area (Å²) in [4.78, 5) is 24.2. The van der Waals surface area contributed by atoms with Gasteiger partial charge in [-0.2, -0.15) is 0 Å². The first kappa shape index (κ1) is 23.1. The third-order valence-electron chi connectivity index (χ3n) is 4.83. The molecule has 24 heavy (non-hydrogen) atoms. The van der Waals surface area contributed by atoms with E-state index in [1.54, 1.807) is 0 Å². The fourth-order valence-electron chi connectivity index (χ4n) is 2.94. The third-order valence-corrected chi connectivity index (χ3v) is 4.83. The van der Waals surface area contributed by atoms with E-state index < -0.39 is 0 Å². The molecule has 0 aliphatic heterocycles. The lowest BCUT2D eigenvalue weighted by Gasteiger charge is -2.15. The molecule has 0 aromatic rings. The van der Waals surface area contributed by atoms with Gasteiger partial charge in [-0.05, 0) is 19.3 Å². The molecule has 0 spiro atoms. The zero-order chi connectivity index (χ0) is 18.2. The second-order valence-corrected chi connectivity index (χ2v) is 7.15. The van der Waals surface area contributed by atoms with Gasteiger partial charge in [-0.15, -0.1) is 0 Å². The maximum absolute atomic E-state index is 12.2. The Morgan fingerprint density at radius 3 is 1.79 bits per heavy atom. The molecule has 0 saturated carbocycles. The van der Waals surface area contributed by atoms with Crippen molar-refractivity contribution in [3.05, 3.63) is 0 Å². The van der Waals surface area contributed by atoms with Crippen LogP contribution in [0.3, 0.4) is 0 Å². The minimum atomic E-state index is -0.333. The highest BCUT2D eigenvalue weighted by Crippen LogP contribution is 2.18. The molecule has 3 nitrogen and oxygen atoms in total. The summed E-state index contributed by atoms with van der Waals surface area (Å²) >= 11 is 0. The summed E-state index contributed by atoms with van der Waals surface area (Å²) in [5.74, 6) is -0.931. The summed E-state index contributed by atoms with van der Waals surface area (Å²) in [5, 5.41) is 0. The first-order valence-electron chi connectivity index (χ1n) is 10.3. The molecule has 0 fully saturated rings. The minimum Gasteiger partial charge on any atom is -0.393 e. The molecular weight excluding hydrogens is 300 g/mol. The Balaban J connectivity index is 3.97. The van der Waals surface area contributed by atoms with Gasteiger partial charge in [-0.25, -0.2) is 0 Å². The van der Waals surface area contributed by atoms with Gasteiger partial charge in [-0.1, -0.05) is 91.9 Å². The molecule has 0 aromatic carbocycles. The minimum absolute atomic E-state index is 0.118. The largest absolute Gasteiger partial charge is 0.393 e. The zero-order valence-corrected chi connectivity index (χ0v) is 16.6. The molecule has 0 amide bonds. The third kappa shape index (κ3) is 11.6. The van der Waals surface area contributed by atoms with Crippen molar-refractivity contribution < 1.29 is 14.3 Å². The maximum atomic E-state index is 12.2. The SMILES string of the molecule is CCCCCCCCC(C)C(=O)OC(=O)C(CC)CCCCCC. The van der Waals surface area contributed by atoms with Crippen LogP contribution >= 0.6 is 0 Å². The Hall–Kier alpha value is -0.860. The molecule has 0 heterocycles. The van der Waals surface area contributed by atoms with Gasteiger partial charge in [0.2, 0.25) is 0 Å². The van der Waals surface area contributed by atoms with Crippen molar-refractivity contribution in [1.29, 1.82) is 0 Å². The lowest BCUT2D eigenvalue weighted by atomic mass is 9.98. The molecule has 142 valence electrons. The number of esters is 2. The van der Waals surface area contributed by atoms with Crippen LogP contribution in [0, 0.1) is 11.8 Å². The highest BCUT2D eigenvalue weighted by atomic mass is 16.6. The lowest BCUT2D eigenvalue weighted by molar-refractivity contribution is -0.165. The molecule has 2 unspecified atom stereocenters. The summed E-state index contributed by atoms with van der Waals surface area (Å²) in [6.07, 6.45) is 14.3. The van der Waals surface area contributed by atoms with E-state index in [-0.39, 0.29) is 23.8 Å². The van der Waals surface area contributed by atoms with Crippen LogP contribution in [0.4, 0.5) is 0 Å². The Bertz CT molecular complexity index is 325. The van der Waals surface area contributed by atoms with Crippen LogP contribution in [-0.4, -0.2) is 11.9 Å². The number of unbranched alkanes of at least 4 members (excludes halogenated alkanes) is 8. The second kappa shape index (κ2) is 15.7. The molecule has 2 atom stereocenters. The highest BCUT2D eigenvalue weighted by Gasteiger charge is 2.23. The maximum Gasteiger partial charge on any atom is 0.316 e. The Labute approximate surface area is 149 Å². The Morgan fingerprint density at radius 2 is 1.21 bits per heavy atom. The molecule has 0 bridgehead atoms. The van der Waals surface area contributed by atoms with E-state index in [1.807, 2.05) is 13.8 Å². The van der Waals surface area contributed by atoms with E-state index in [0.717, 1.165) is 38.5 Å². The number of carbonyl (C=O) groups is 2. The van der Waals surface area contributed by atoms with Crippen molar-refractivity contribution in [3.8, 4) is 0 Å². The van der Waals surface area contributed by atoms with Gasteiger partial charge in [-0.3, -0.25) is 9.59 Å². The molecule has 0 rings (SSSR count). The second-order valence-electron chi connectivity index (χ2n) is 7.15. The summed E-state index contributed by atoms with van der Waals surface area (Å²) < 4.78 is 5.14. The predicted molar refractivity (Wildman–Crippen MR) is 101 cm³/mol. The molecular formula is C21H40O3. The lowest BCUT2D eigenvalue weighted by Crippen LogP contribution is -2.24. The van der Waals surface area contributed by atoms with Gasteiger partial charge in [0.1, 0.15) is 0 Å². The molecule has 0 saturated heterocycles. The quantitative estimate of drug-likeness (QED) is 0.196. The van der Waals surface area contributed by atoms with Gasteiger partial charge >= 0.3 is 11.9 Å². The molecule has 0 aliphatic carbocycles. The molecule has 3 heteroatoms. The van der Waals surface area contributed by atoms with Crippen molar-refractivity contribution >= 4 is 11.9 Å². The van der Waals surface area contributed by atoms with Crippen LogP contribution in [-0.2, 0) is 14.3 Å². The van der Waals surface area contributed by atoms with Crippen molar-refractivity contribution in [2.75, 3.05) is 0 Å². The average molecular weight is 341 g/mol. The topological polar surface area (TPSA) is 43.4 Å². The summed E-state index contributed by atoms with van der Waals surface area (Å²) in [5.41, 5.74) is 0. The van der Waals surface area contributed by atoms with Gasteiger partial charge < -0.3 is 4.74 Å². The number of hydrogen-bond donors (Lipinski definition) is 0. The van der Waals surface area contributed by atoms with Crippen LogP contribution in [0.25, 0.3) is 0 Å². The zero-order valence-electron chi connectivity index (χ0n) is 16.6. The predicted octanol–water partition coefficient (Wildman–Crippen LogP) is 6.44. The van der Waals surface area contributed by atoms with Crippen molar-refractivity contribution in [2.24, 2.45) is 11.8 Å². The van der Waals surface area contributed by atoms with Crippen molar-refractivity contribution in [3.63, 3.8) is 0 Å². The van der Waals surface area contributed by atoms with Gasteiger partial charge in [0, 0.05) is 0 Å². The summed E-state index contributed by atoms with van der Waals surface area (Å²) in [6, 6.07) is 0. The summed E-state index contributed by atoms with van der Waals surface area (Å²) in [6.45, 7) is 8.26. The van der Waals surface area contributed by atoms with Gasteiger partial charge in [0.15, 0.2) is 0 Å². The number of carbonyl (C=O) groups excluding carboxylic acids is 2. The smallest absolute Gasteiger partial charge is 0.316 e. The van der Waals surface area contributed by atoms with E-state index in [4.69, 9.17) is 4.74 Å². The molecule has 0 aromatic heterocycles. The van der Waals surface area contributed by atoms with E-state index in [1.165, 1.54) is 44.9 Å². The molecule has 0 aliphatic rings. The number of hydrogen-bond acceptors (Lipinski definition) is 3. The van der Waals surface area contributed by atoms with Crippen LogP contribution in [0.5, 0.6) is 0 Å². The van der Waals surface area contributed by atoms with E-state index in [0.29, 0.717) is 0 Å². The van der Waals surface area contributed by atoms with Gasteiger partial charge in [0.05, 0.1) is 11.8 Å². The van der Waals surface area contributed by atoms with Crippen LogP contribution in [0.15, 0.2) is 0 Å². The Morgan fingerprint density at radius 1 is 0.708 bits per heavy atom. The van der Waals surface area contributed by atoms with Crippen LogP contribution in [0.2, 0.25) is 0 Å². The normalized spacial score (nSPS) is 13.5. The fourth-order valence-corrected chi connectivity index (χ4v) is 2.94. The van der Waals surface area contributed by atoms with Gasteiger partial charge in [0.25, 0.3) is 0 Å².